The van der Waals surface area contributed by atoms with E-state index >= 15 is 0 Å². The van der Waals surface area contributed by atoms with Crippen molar-refractivity contribution in [1.29, 1.82) is 0 Å². The number of carbonyl (C=O) groups excluding carboxylic acids is 1. The lowest BCUT2D eigenvalue weighted by atomic mass is 9.87. The first-order valence-electron chi connectivity index (χ1n) is 9.34. The Kier molecular flexibility index (Phi) is 7.86. The minimum Gasteiger partial charge on any atom is -0.480 e. The van der Waals surface area contributed by atoms with Gasteiger partial charge in [-0.25, -0.2) is 0 Å². The second-order valence-corrected chi connectivity index (χ2v) is 7.37. The second-order valence-electron chi connectivity index (χ2n) is 7.37. The molecule has 0 aromatic heterocycles. The molecule has 2 N–H and O–H groups in total. The monoisotopic (exact) mass is 324 g/mol. The van der Waals surface area contributed by atoms with Crippen LogP contribution in [0.5, 0.6) is 0 Å². The molecular formula is C18H32N2O3. The van der Waals surface area contributed by atoms with Crippen molar-refractivity contribution in [2.75, 3.05) is 26.2 Å². The molecule has 2 rings (SSSR count). The largest absolute Gasteiger partial charge is 0.480 e. The van der Waals surface area contributed by atoms with Gasteiger partial charge in [0.05, 0.1) is 6.54 Å². The molecule has 0 radical (unpaired) electrons. The fourth-order valence-electron chi connectivity index (χ4n) is 4.11. The molecule has 0 aromatic carbocycles. The van der Waals surface area contributed by atoms with Gasteiger partial charge in [0.15, 0.2) is 0 Å². The van der Waals surface area contributed by atoms with Crippen molar-refractivity contribution in [3.63, 3.8) is 0 Å². The summed E-state index contributed by atoms with van der Waals surface area (Å²) in [6, 6.07) is 0. The minimum atomic E-state index is -0.982. The van der Waals surface area contributed by atoms with E-state index in [1.165, 1.54) is 64.2 Å². The van der Waals surface area contributed by atoms with Crippen molar-refractivity contribution in [3.05, 3.63) is 0 Å². The fraction of sp³-hybridized carbons (Fsp3) is 0.889. The van der Waals surface area contributed by atoms with Crippen molar-refractivity contribution in [3.8, 4) is 0 Å². The Balaban J connectivity index is 1.83. The van der Waals surface area contributed by atoms with Gasteiger partial charge in [-0.1, -0.05) is 38.5 Å². The molecule has 23 heavy (non-hydrogen) atoms. The molecule has 0 unspecified atom stereocenters. The van der Waals surface area contributed by atoms with E-state index < -0.39 is 5.97 Å². The predicted octanol–water partition coefficient (Wildman–Crippen LogP) is 2.65. The summed E-state index contributed by atoms with van der Waals surface area (Å²) >= 11 is 0. The Morgan fingerprint density at radius 2 is 1.35 bits per heavy atom. The molecule has 132 valence electrons. The highest BCUT2D eigenvalue weighted by Crippen LogP contribution is 2.27. The molecule has 0 aliphatic heterocycles. The second kappa shape index (κ2) is 9.91. The highest BCUT2D eigenvalue weighted by molar-refractivity contribution is 5.82. The van der Waals surface area contributed by atoms with Crippen LogP contribution in [0.1, 0.15) is 64.2 Å². The molecule has 2 saturated carbocycles. The number of carboxylic acids is 1. The van der Waals surface area contributed by atoms with Gasteiger partial charge in [0.1, 0.15) is 6.54 Å². The van der Waals surface area contributed by atoms with E-state index in [1.54, 1.807) is 0 Å². The minimum absolute atomic E-state index is 0.154. The van der Waals surface area contributed by atoms with Gasteiger partial charge in [-0.2, -0.15) is 0 Å². The molecular weight excluding hydrogens is 292 g/mol. The number of amides is 1. The standard InChI is InChI=1S/C18H32N2O3/c21-17(19-11-18(22)23)14-20(12-15-7-3-1-4-8-15)13-16-9-5-2-6-10-16/h15-16H,1-14H2,(H,19,21)(H,22,23). The lowest BCUT2D eigenvalue weighted by Gasteiger charge is -2.33. The van der Waals surface area contributed by atoms with E-state index in [0.29, 0.717) is 18.4 Å². The average molecular weight is 324 g/mol. The number of nitrogens with zero attached hydrogens (tertiary/aromatic N) is 1. The molecule has 0 saturated heterocycles. The molecule has 2 fully saturated rings. The van der Waals surface area contributed by atoms with Gasteiger partial charge in [-0.15, -0.1) is 0 Å². The van der Waals surface area contributed by atoms with Crippen LogP contribution < -0.4 is 5.32 Å². The molecule has 0 bridgehead atoms. The summed E-state index contributed by atoms with van der Waals surface area (Å²) in [4.78, 5) is 24.9. The summed E-state index contributed by atoms with van der Waals surface area (Å²) in [5, 5.41) is 11.2. The summed E-state index contributed by atoms with van der Waals surface area (Å²) < 4.78 is 0. The maximum Gasteiger partial charge on any atom is 0.322 e. The number of aliphatic carboxylic acids is 1. The predicted molar refractivity (Wildman–Crippen MR) is 90.2 cm³/mol. The molecule has 0 heterocycles. The highest BCUT2D eigenvalue weighted by atomic mass is 16.4. The molecule has 5 nitrogen and oxygen atoms in total. The summed E-state index contributed by atoms with van der Waals surface area (Å²) in [6.45, 7) is 2.06. The van der Waals surface area contributed by atoms with Gasteiger partial charge in [-0.05, 0) is 37.5 Å². The Morgan fingerprint density at radius 3 is 1.78 bits per heavy atom. The number of hydrogen-bond acceptors (Lipinski definition) is 3. The van der Waals surface area contributed by atoms with Gasteiger partial charge in [-0.3, -0.25) is 14.5 Å². The van der Waals surface area contributed by atoms with Crippen LogP contribution in [0, 0.1) is 11.8 Å². The van der Waals surface area contributed by atoms with Crippen molar-refractivity contribution in [2.24, 2.45) is 11.8 Å². The molecule has 5 heteroatoms. The maximum atomic E-state index is 12.0. The average Bonchev–Trinajstić information content (AvgIpc) is 2.55. The third-order valence-corrected chi connectivity index (χ3v) is 5.29. The molecule has 2 aliphatic rings. The van der Waals surface area contributed by atoms with Crippen molar-refractivity contribution < 1.29 is 14.7 Å². The van der Waals surface area contributed by atoms with E-state index in [4.69, 9.17) is 5.11 Å². The third kappa shape index (κ3) is 7.34. The van der Waals surface area contributed by atoms with Crippen LogP contribution in [0.25, 0.3) is 0 Å². The highest BCUT2D eigenvalue weighted by Gasteiger charge is 2.23. The molecule has 0 aromatic rings. The number of hydrogen-bond donors (Lipinski definition) is 2. The van der Waals surface area contributed by atoms with Crippen LogP contribution in [-0.4, -0.2) is 48.1 Å². The lowest BCUT2D eigenvalue weighted by molar-refractivity contribution is -0.138. The molecule has 0 spiro atoms. The summed E-state index contributed by atoms with van der Waals surface area (Å²) in [7, 11) is 0. The van der Waals surface area contributed by atoms with Gasteiger partial charge < -0.3 is 10.4 Å². The zero-order valence-corrected chi connectivity index (χ0v) is 14.3. The summed E-state index contributed by atoms with van der Waals surface area (Å²) in [5.41, 5.74) is 0. The van der Waals surface area contributed by atoms with E-state index in [9.17, 15) is 9.59 Å². The fourth-order valence-corrected chi connectivity index (χ4v) is 4.11. The number of carboxylic acid groups (broad SMARTS) is 1. The quantitative estimate of drug-likeness (QED) is 0.720. The topological polar surface area (TPSA) is 69.6 Å². The van der Waals surface area contributed by atoms with Crippen LogP contribution in [0.15, 0.2) is 0 Å². The van der Waals surface area contributed by atoms with E-state index in [-0.39, 0.29) is 12.5 Å². The Morgan fingerprint density at radius 1 is 0.870 bits per heavy atom. The zero-order valence-electron chi connectivity index (χ0n) is 14.3. The zero-order chi connectivity index (χ0) is 16.5. The first-order valence-corrected chi connectivity index (χ1v) is 9.34. The Labute approximate surface area is 139 Å². The normalized spacial score (nSPS) is 20.6. The maximum absolute atomic E-state index is 12.0. The first-order chi connectivity index (χ1) is 11.1. The van der Waals surface area contributed by atoms with Crippen LogP contribution in [-0.2, 0) is 9.59 Å². The lowest BCUT2D eigenvalue weighted by Crippen LogP contribution is -2.43. The Hall–Kier alpha value is -1.10. The van der Waals surface area contributed by atoms with Crippen LogP contribution in [0.4, 0.5) is 0 Å². The van der Waals surface area contributed by atoms with Gasteiger partial charge >= 0.3 is 5.97 Å². The first kappa shape index (κ1) is 18.2. The summed E-state index contributed by atoms with van der Waals surface area (Å²) in [6.07, 6.45) is 13.0. The smallest absolute Gasteiger partial charge is 0.322 e. The summed E-state index contributed by atoms with van der Waals surface area (Å²) in [5.74, 6) is 0.280. The molecule has 1 amide bonds. The van der Waals surface area contributed by atoms with E-state index in [0.717, 1.165) is 13.1 Å². The van der Waals surface area contributed by atoms with Crippen LogP contribution in [0.3, 0.4) is 0 Å². The van der Waals surface area contributed by atoms with Gasteiger partial charge in [0.2, 0.25) is 5.91 Å². The SMILES string of the molecule is O=C(O)CNC(=O)CN(CC1CCCCC1)CC1CCCCC1. The third-order valence-electron chi connectivity index (χ3n) is 5.29. The Bertz CT molecular complexity index is 354. The number of nitrogens with one attached hydrogen (secondary N) is 1. The van der Waals surface area contributed by atoms with Gasteiger partial charge in [0.25, 0.3) is 0 Å². The van der Waals surface area contributed by atoms with Crippen molar-refractivity contribution in [2.45, 2.75) is 64.2 Å². The molecule has 2 aliphatic carbocycles. The number of carbonyl (C=O) groups is 2. The number of rotatable bonds is 8. The van der Waals surface area contributed by atoms with Crippen molar-refractivity contribution >= 4 is 11.9 Å². The van der Waals surface area contributed by atoms with E-state index in [2.05, 4.69) is 10.2 Å². The molecule has 0 atom stereocenters. The van der Waals surface area contributed by atoms with Crippen LogP contribution >= 0.6 is 0 Å². The van der Waals surface area contributed by atoms with Crippen molar-refractivity contribution in [1.82, 2.24) is 10.2 Å². The van der Waals surface area contributed by atoms with Crippen LogP contribution in [0.2, 0.25) is 0 Å². The van der Waals surface area contributed by atoms with E-state index in [1.807, 2.05) is 0 Å². The van der Waals surface area contributed by atoms with Gasteiger partial charge in [0, 0.05) is 13.1 Å².